The fourth-order valence-corrected chi connectivity index (χ4v) is 9.61. The normalized spacial score (nSPS) is 12.8. The Kier molecular flexibility index (Phi) is 7.91. The van der Waals surface area contributed by atoms with Crippen LogP contribution in [-0.4, -0.2) is 0 Å². The Morgan fingerprint density at radius 1 is 0.310 bits per heavy atom. The predicted octanol–water partition coefficient (Wildman–Crippen LogP) is 15.9. The van der Waals surface area contributed by atoms with Crippen LogP contribution in [0.15, 0.2) is 212 Å². The molecule has 10 aromatic carbocycles. The summed E-state index contributed by atoms with van der Waals surface area (Å²) in [5, 5.41) is 7.53. The predicted molar refractivity (Wildman–Crippen MR) is 248 cm³/mol. The summed E-state index contributed by atoms with van der Waals surface area (Å²) in [5.74, 6) is 0. The molecular formula is C57H41N. The quantitative estimate of drug-likeness (QED) is 0.154. The van der Waals surface area contributed by atoms with Crippen molar-refractivity contribution in [2.45, 2.75) is 19.3 Å². The van der Waals surface area contributed by atoms with Crippen LogP contribution in [0.1, 0.15) is 25.0 Å². The van der Waals surface area contributed by atoms with Crippen molar-refractivity contribution in [3.63, 3.8) is 0 Å². The van der Waals surface area contributed by atoms with Gasteiger partial charge >= 0.3 is 0 Å². The molecule has 0 unspecified atom stereocenters. The van der Waals surface area contributed by atoms with Crippen molar-refractivity contribution < 1.29 is 0 Å². The zero-order valence-corrected chi connectivity index (χ0v) is 32.7. The van der Waals surface area contributed by atoms with Crippen LogP contribution in [0, 0.1) is 0 Å². The van der Waals surface area contributed by atoms with E-state index in [2.05, 4.69) is 231 Å². The van der Waals surface area contributed by atoms with Gasteiger partial charge in [0.25, 0.3) is 0 Å². The summed E-state index contributed by atoms with van der Waals surface area (Å²) in [6, 6.07) is 78.1. The third-order valence-corrected chi connectivity index (χ3v) is 12.4. The van der Waals surface area contributed by atoms with Crippen molar-refractivity contribution in [2.24, 2.45) is 0 Å². The molecule has 0 aliphatic heterocycles. The van der Waals surface area contributed by atoms with E-state index >= 15 is 0 Å². The molecule has 0 spiro atoms. The average Bonchev–Trinajstić information content (AvgIpc) is 3.52. The van der Waals surface area contributed by atoms with Gasteiger partial charge in [-0.25, -0.2) is 0 Å². The summed E-state index contributed by atoms with van der Waals surface area (Å²) in [6.07, 6.45) is 0. The summed E-state index contributed by atoms with van der Waals surface area (Å²) in [4.78, 5) is 2.41. The standard InChI is InChI=1S/C57H41N/c1-57(2)55-24-9-8-19-53(55)54-23-12-21-50(56(54)57)44-16-10-17-46(37-44)58(47-33-29-42-35-41(25-26-43(42)36-47)38-13-4-3-5-14-38)45-31-27-40(28-32-45)49-20-11-22-51-48-18-7-6-15-39(48)30-34-52(49)51/h3-37H,1-2H3. The summed E-state index contributed by atoms with van der Waals surface area (Å²) < 4.78 is 0. The number of anilines is 3. The molecular weight excluding hydrogens is 699 g/mol. The van der Waals surface area contributed by atoms with Gasteiger partial charge in [0.1, 0.15) is 0 Å². The number of hydrogen-bond donors (Lipinski definition) is 0. The van der Waals surface area contributed by atoms with Gasteiger partial charge in [-0.3, -0.25) is 0 Å². The van der Waals surface area contributed by atoms with E-state index in [1.807, 2.05) is 0 Å². The van der Waals surface area contributed by atoms with Crippen molar-refractivity contribution in [3.05, 3.63) is 223 Å². The van der Waals surface area contributed by atoms with E-state index in [0.29, 0.717) is 0 Å². The van der Waals surface area contributed by atoms with Gasteiger partial charge in [0.2, 0.25) is 0 Å². The maximum atomic E-state index is 2.41. The van der Waals surface area contributed by atoms with E-state index in [0.717, 1.165) is 17.1 Å². The van der Waals surface area contributed by atoms with Crippen molar-refractivity contribution in [2.75, 3.05) is 4.90 Å². The molecule has 1 nitrogen and oxygen atoms in total. The zero-order valence-electron chi connectivity index (χ0n) is 32.7. The first-order chi connectivity index (χ1) is 28.5. The van der Waals surface area contributed by atoms with E-state index in [1.54, 1.807) is 0 Å². The minimum absolute atomic E-state index is 0.112. The van der Waals surface area contributed by atoms with Crippen LogP contribution in [-0.2, 0) is 5.41 Å². The molecule has 1 heteroatoms. The van der Waals surface area contributed by atoms with Crippen LogP contribution in [0.5, 0.6) is 0 Å². The average molecular weight is 740 g/mol. The Morgan fingerprint density at radius 2 is 0.914 bits per heavy atom. The molecule has 0 saturated carbocycles. The molecule has 0 radical (unpaired) electrons. The monoisotopic (exact) mass is 739 g/mol. The Morgan fingerprint density at radius 3 is 1.81 bits per heavy atom. The molecule has 0 saturated heterocycles. The number of benzene rings is 10. The van der Waals surface area contributed by atoms with E-state index in [4.69, 9.17) is 0 Å². The summed E-state index contributed by atoms with van der Waals surface area (Å²) in [6.45, 7) is 4.74. The lowest BCUT2D eigenvalue weighted by molar-refractivity contribution is 0.662. The largest absolute Gasteiger partial charge is 0.310 e. The number of hydrogen-bond acceptors (Lipinski definition) is 1. The van der Waals surface area contributed by atoms with E-state index in [9.17, 15) is 0 Å². The highest BCUT2D eigenvalue weighted by atomic mass is 15.1. The smallest absolute Gasteiger partial charge is 0.0468 e. The van der Waals surface area contributed by atoms with Gasteiger partial charge in [-0.1, -0.05) is 184 Å². The molecule has 0 bridgehead atoms. The number of fused-ring (bicyclic) bond motifs is 7. The minimum Gasteiger partial charge on any atom is -0.310 e. The molecule has 274 valence electrons. The van der Waals surface area contributed by atoms with Crippen molar-refractivity contribution in [1.29, 1.82) is 0 Å². The van der Waals surface area contributed by atoms with Gasteiger partial charge in [0, 0.05) is 22.5 Å². The lowest BCUT2D eigenvalue weighted by atomic mass is 9.79. The maximum absolute atomic E-state index is 2.41. The highest BCUT2D eigenvalue weighted by molar-refractivity contribution is 6.12. The molecule has 0 aromatic heterocycles. The van der Waals surface area contributed by atoms with Crippen LogP contribution in [0.2, 0.25) is 0 Å². The maximum Gasteiger partial charge on any atom is 0.0468 e. The Hall–Kier alpha value is -7.22. The van der Waals surface area contributed by atoms with Crippen molar-refractivity contribution in [3.8, 4) is 44.5 Å². The Bertz CT molecular complexity index is 3190. The number of nitrogens with zero attached hydrogens (tertiary/aromatic N) is 1. The fraction of sp³-hybridized carbons (Fsp3) is 0.0526. The van der Waals surface area contributed by atoms with Crippen LogP contribution >= 0.6 is 0 Å². The lowest BCUT2D eigenvalue weighted by Gasteiger charge is -2.28. The molecule has 0 fully saturated rings. The Balaban J connectivity index is 1.04. The topological polar surface area (TPSA) is 3.24 Å². The molecule has 0 amide bonds. The zero-order chi connectivity index (χ0) is 38.8. The van der Waals surface area contributed by atoms with Crippen LogP contribution in [0.3, 0.4) is 0 Å². The molecule has 58 heavy (non-hydrogen) atoms. The summed E-state index contributed by atoms with van der Waals surface area (Å²) in [5.41, 5.74) is 16.1. The third-order valence-electron chi connectivity index (χ3n) is 12.4. The first kappa shape index (κ1) is 34.1. The second-order valence-electron chi connectivity index (χ2n) is 16.1. The molecule has 1 aliphatic rings. The lowest BCUT2D eigenvalue weighted by Crippen LogP contribution is -2.16. The van der Waals surface area contributed by atoms with Gasteiger partial charge in [0.15, 0.2) is 0 Å². The summed E-state index contributed by atoms with van der Waals surface area (Å²) in [7, 11) is 0. The molecule has 10 aromatic rings. The molecule has 0 atom stereocenters. The fourth-order valence-electron chi connectivity index (χ4n) is 9.61. The van der Waals surface area contributed by atoms with Crippen LogP contribution < -0.4 is 4.90 Å². The van der Waals surface area contributed by atoms with E-state index < -0.39 is 0 Å². The number of rotatable bonds is 6. The highest BCUT2D eigenvalue weighted by Crippen LogP contribution is 2.52. The molecule has 0 heterocycles. The first-order valence-electron chi connectivity index (χ1n) is 20.3. The van der Waals surface area contributed by atoms with Gasteiger partial charge in [-0.2, -0.15) is 0 Å². The van der Waals surface area contributed by atoms with Crippen LogP contribution in [0.25, 0.3) is 76.8 Å². The Labute approximate surface area is 340 Å². The van der Waals surface area contributed by atoms with Gasteiger partial charge in [0.05, 0.1) is 0 Å². The van der Waals surface area contributed by atoms with Gasteiger partial charge in [-0.05, 0) is 130 Å². The van der Waals surface area contributed by atoms with Crippen molar-refractivity contribution >= 4 is 49.4 Å². The second-order valence-corrected chi connectivity index (χ2v) is 16.1. The molecule has 11 rings (SSSR count). The van der Waals surface area contributed by atoms with Crippen molar-refractivity contribution in [1.82, 2.24) is 0 Å². The molecule has 1 aliphatic carbocycles. The highest BCUT2D eigenvalue weighted by Gasteiger charge is 2.37. The van der Waals surface area contributed by atoms with E-state index in [1.165, 1.54) is 88.0 Å². The second kappa shape index (κ2) is 13.5. The van der Waals surface area contributed by atoms with Gasteiger partial charge < -0.3 is 4.90 Å². The van der Waals surface area contributed by atoms with Crippen LogP contribution in [0.4, 0.5) is 17.1 Å². The molecule has 0 N–H and O–H groups in total. The van der Waals surface area contributed by atoms with E-state index in [-0.39, 0.29) is 5.41 Å². The SMILES string of the molecule is CC1(C)c2ccccc2-c2cccc(-c3cccc(N(c4ccc(-c5cccc6c5ccc5ccccc56)cc4)c4ccc5cc(-c6ccccc6)ccc5c4)c3)c21. The van der Waals surface area contributed by atoms with Gasteiger partial charge in [-0.15, -0.1) is 0 Å². The summed E-state index contributed by atoms with van der Waals surface area (Å²) >= 11 is 0. The first-order valence-corrected chi connectivity index (χ1v) is 20.3. The third kappa shape index (κ3) is 5.54. The minimum atomic E-state index is -0.112.